The van der Waals surface area contributed by atoms with Gasteiger partial charge in [-0.3, -0.25) is 14.4 Å². The van der Waals surface area contributed by atoms with E-state index in [1.807, 2.05) is 0 Å². The summed E-state index contributed by atoms with van der Waals surface area (Å²) in [6.45, 7) is 6.66. The van der Waals surface area contributed by atoms with Crippen LogP contribution in [0.2, 0.25) is 0 Å². The first-order valence-electron chi connectivity index (χ1n) is 35.9. The minimum atomic E-state index is -0.782. The maximum Gasteiger partial charge on any atom is 0.306 e. The molecule has 0 aromatic heterocycles. The number of hydrogen-bond acceptors (Lipinski definition) is 6. The number of carbonyl (C=O) groups excluding carboxylic acids is 3. The highest BCUT2D eigenvalue weighted by Gasteiger charge is 2.19. The summed E-state index contributed by atoms with van der Waals surface area (Å²) in [4.78, 5) is 38.4. The van der Waals surface area contributed by atoms with Crippen molar-refractivity contribution in [2.75, 3.05) is 13.2 Å². The third kappa shape index (κ3) is 67.6. The van der Waals surface area contributed by atoms with Crippen molar-refractivity contribution in [2.24, 2.45) is 0 Å². The van der Waals surface area contributed by atoms with Crippen molar-refractivity contribution in [2.45, 2.75) is 380 Å². The van der Waals surface area contributed by atoms with Gasteiger partial charge >= 0.3 is 17.9 Å². The molecule has 0 N–H and O–H groups in total. The molecule has 0 aromatic rings. The molecule has 0 rings (SSSR count). The highest BCUT2D eigenvalue weighted by molar-refractivity contribution is 5.71. The van der Waals surface area contributed by atoms with E-state index >= 15 is 0 Å². The predicted octanol–water partition coefficient (Wildman–Crippen LogP) is 24.8. The molecule has 0 saturated carbocycles. The normalized spacial score (nSPS) is 12.5. The van der Waals surface area contributed by atoms with E-state index < -0.39 is 6.10 Å². The first kappa shape index (κ1) is 78.8. The van der Waals surface area contributed by atoms with Crippen LogP contribution in [0.1, 0.15) is 374 Å². The van der Waals surface area contributed by atoms with Crippen LogP contribution in [0.25, 0.3) is 0 Å². The second kappa shape index (κ2) is 70.3. The fourth-order valence-corrected chi connectivity index (χ4v) is 10.5. The molecule has 0 saturated heterocycles. The van der Waals surface area contributed by atoms with Crippen LogP contribution in [0.3, 0.4) is 0 Å². The van der Waals surface area contributed by atoms with Crippen LogP contribution in [-0.2, 0) is 28.6 Å². The van der Waals surface area contributed by atoms with Crippen molar-refractivity contribution >= 4 is 17.9 Å². The summed E-state index contributed by atoms with van der Waals surface area (Å²) in [5, 5.41) is 0. The lowest BCUT2D eigenvalue weighted by molar-refractivity contribution is -0.167. The third-order valence-corrected chi connectivity index (χ3v) is 15.9. The Hall–Kier alpha value is -3.15. The first-order valence-corrected chi connectivity index (χ1v) is 35.9. The second-order valence-electron chi connectivity index (χ2n) is 24.1. The van der Waals surface area contributed by atoms with E-state index in [0.29, 0.717) is 19.3 Å². The van der Waals surface area contributed by atoms with E-state index in [2.05, 4.69) is 93.7 Å². The van der Waals surface area contributed by atoms with Gasteiger partial charge in [0.1, 0.15) is 13.2 Å². The van der Waals surface area contributed by atoms with E-state index in [1.165, 1.54) is 238 Å². The van der Waals surface area contributed by atoms with Gasteiger partial charge < -0.3 is 14.2 Å². The number of rotatable bonds is 66. The van der Waals surface area contributed by atoms with Gasteiger partial charge in [0.15, 0.2) is 6.10 Å². The minimum absolute atomic E-state index is 0.0767. The van der Waals surface area contributed by atoms with Crippen LogP contribution in [0.4, 0.5) is 0 Å². The molecule has 6 nitrogen and oxygen atoms in total. The fourth-order valence-electron chi connectivity index (χ4n) is 10.5. The van der Waals surface area contributed by atoms with Gasteiger partial charge in [-0.1, -0.05) is 331 Å². The molecule has 0 radical (unpaired) electrons. The average Bonchev–Trinajstić information content (AvgIpc) is 3.47. The minimum Gasteiger partial charge on any atom is -0.462 e. The van der Waals surface area contributed by atoms with Gasteiger partial charge in [-0.25, -0.2) is 0 Å². The van der Waals surface area contributed by atoms with E-state index in [-0.39, 0.29) is 31.1 Å². The van der Waals surface area contributed by atoms with E-state index in [0.717, 1.165) is 96.3 Å². The third-order valence-electron chi connectivity index (χ3n) is 15.9. The van der Waals surface area contributed by atoms with E-state index in [1.54, 1.807) is 0 Å². The average molecular weight is 1150 g/mol. The zero-order valence-electron chi connectivity index (χ0n) is 54.8. The molecular formula is C76H136O6. The van der Waals surface area contributed by atoms with Crippen molar-refractivity contribution < 1.29 is 28.6 Å². The summed E-state index contributed by atoms with van der Waals surface area (Å²) >= 11 is 0. The van der Waals surface area contributed by atoms with Gasteiger partial charge in [-0.05, 0) is 96.3 Å². The molecule has 476 valence electrons. The number of hydrogen-bond donors (Lipinski definition) is 0. The molecule has 6 heteroatoms. The van der Waals surface area contributed by atoms with Crippen molar-refractivity contribution in [1.82, 2.24) is 0 Å². The van der Waals surface area contributed by atoms with Crippen LogP contribution >= 0.6 is 0 Å². The molecular weight excluding hydrogens is 1010 g/mol. The standard InChI is InChI=1S/C76H136O6/c1-4-7-10-13-16-19-22-25-28-30-32-34-35-36-37-38-39-40-41-43-44-46-48-51-54-57-60-63-66-69-75(78)81-72-73(71-80-74(77)68-65-62-59-56-53-50-27-24-21-18-15-12-9-6-3)82-76(79)70-67-64-61-58-55-52-49-47-45-42-33-31-29-26-23-20-17-14-11-8-5-2/h22-23,25-26,30-33,35-36,45,47,73H,4-21,24,27-29,34,37-44,46,48-72H2,1-3H3/b25-22-,26-23-,32-30-,33-31-,36-35-,47-45-. The fraction of sp³-hybridized carbons (Fsp3) is 0.803. The summed E-state index contributed by atoms with van der Waals surface area (Å²) in [6, 6.07) is 0. The highest BCUT2D eigenvalue weighted by atomic mass is 16.6. The van der Waals surface area contributed by atoms with Crippen LogP contribution in [0.5, 0.6) is 0 Å². The van der Waals surface area contributed by atoms with Gasteiger partial charge in [0.25, 0.3) is 0 Å². The second-order valence-corrected chi connectivity index (χ2v) is 24.1. The number of unbranched alkanes of at least 4 members (excludes halogenated alkanes) is 43. The van der Waals surface area contributed by atoms with E-state index in [9.17, 15) is 14.4 Å². The predicted molar refractivity (Wildman–Crippen MR) is 358 cm³/mol. The largest absolute Gasteiger partial charge is 0.462 e. The maximum absolute atomic E-state index is 13.0. The van der Waals surface area contributed by atoms with E-state index in [4.69, 9.17) is 14.2 Å². The van der Waals surface area contributed by atoms with Crippen molar-refractivity contribution in [3.8, 4) is 0 Å². The Balaban J connectivity index is 4.28. The van der Waals surface area contributed by atoms with Gasteiger partial charge in [0, 0.05) is 19.3 Å². The smallest absolute Gasteiger partial charge is 0.306 e. The molecule has 0 heterocycles. The maximum atomic E-state index is 13.0. The van der Waals surface area contributed by atoms with Crippen LogP contribution in [0, 0.1) is 0 Å². The molecule has 1 atom stereocenters. The Labute approximate surface area is 510 Å². The number of allylic oxidation sites excluding steroid dienone is 12. The summed E-state index contributed by atoms with van der Waals surface area (Å²) < 4.78 is 17.0. The molecule has 82 heavy (non-hydrogen) atoms. The monoisotopic (exact) mass is 1150 g/mol. The Bertz CT molecular complexity index is 1500. The van der Waals surface area contributed by atoms with Crippen LogP contribution in [-0.4, -0.2) is 37.2 Å². The zero-order chi connectivity index (χ0) is 59.2. The molecule has 0 spiro atoms. The van der Waals surface area contributed by atoms with Crippen molar-refractivity contribution in [3.63, 3.8) is 0 Å². The topological polar surface area (TPSA) is 78.9 Å². The summed E-state index contributed by atoms with van der Waals surface area (Å²) in [6.07, 6.45) is 92.1. The lowest BCUT2D eigenvalue weighted by Gasteiger charge is -2.18. The Morgan fingerprint density at radius 2 is 0.439 bits per heavy atom. The van der Waals surface area contributed by atoms with Crippen molar-refractivity contribution in [1.29, 1.82) is 0 Å². The van der Waals surface area contributed by atoms with Crippen LogP contribution in [0.15, 0.2) is 72.9 Å². The molecule has 0 aliphatic carbocycles. The number of esters is 3. The van der Waals surface area contributed by atoms with Crippen molar-refractivity contribution in [3.05, 3.63) is 72.9 Å². The molecule has 0 bridgehead atoms. The summed E-state index contributed by atoms with van der Waals surface area (Å²) in [5.41, 5.74) is 0. The number of ether oxygens (including phenoxy) is 3. The SMILES string of the molecule is CCCCCCC/C=C\C/C=C\C/C=C\CCCCCCCCCCCCCCCCC(=O)OCC(COC(=O)CCCCCCCCCCCCCCCC)OC(=O)CCCCCCCC/C=C\C/C=C\C/C=C\CCCCCCC. The van der Waals surface area contributed by atoms with Gasteiger partial charge in [-0.15, -0.1) is 0 Å². The Morgan fingerprint density at radius 3 is 0.683 bits per heavy atom. The summed E-state index contributed by atoms with van der Waals surface area (Å²) in [7, 11) is 0. The molecule has 0 aliphatic rings. The molecule has 0 fully saturated rings. The Morgan fingerprint density at radius 1 is 0.244 bits per heavy atom. The number of carbonyl (C=O) groups is 3. The highest BCUT2D eigenvalue weighted by Crippen LogP contribution is 2.18. The zero-order valence-corrected chi connectivity index (χ0v) is 54.8. The van der Waals surface area contributed by atoms with Gasteiger partial charge in [0.05, 0.1) is 0 Å². The van der Waals surface area contributed by atoms with Gasteiger partial charge in [0.2, 0.25) is 0 Å². The molecule has 0 aliphatic heterocycles. The Kier molecular flexibility index (Phi) is 67.6. The molecule has 1 unspecified atom stereocenters. The van der Waals surface area contributed by atoms with Crippen LogP contribution < -0.4 is 0 Å². The first-order chi connectivity index (χ1) is 40.5. The summed E-state index contributed by atoms with van der Waals surface area (Å²) in [5.74, 6) is -0.868. The molecule has 0 amide bonds. The van der Waals surface area contributed by atoms with Gasteiger partial charge in [-0.2, -0.15) is 0 Å². The lowest BCUT2D eigenvalue weighted by atomic mass is 10.0. The lowest BCUT2D eigenvalue weighted by Crippen LogP contribution is -2.30. The molecule has 0 aromatic carbocycles. The quantitative estimate of drug-likeness (QED) is 0.0261.